The molecule has 0 unspecified atom stereocenters. The summed E-state index contributed by atoms with van der Waals surface area (Å²) < 4.78 is 32.8. The van der Waals surface area contributed by atoms with Gasteiger partial charge in [-0.15, -0.1) is 0 Å². The number of hydrogen-bond donors (Lipinski definition) is 3. The highest BCUT2D eigenvalue weighted by Gasteiger charge is 2.17. The highest BCUT2D eigenvalue weighted by Crippen LogP contribution is 2.31. The van der Waals surface area contributed by atoms with Gasteiger partial charge in [-0.3, -0.25) is 4.79 Å². The van der Waals surface area contributed by atoms with Crippen LogP contribution >= 0.6 is 23.8 Å². The number of hydrogen-bond acceptors (Lipinski definition) is 3. The Kier molecular flexibility index (Phi) is 7.04. The normalized spacial score (nSPS) is 10.4. The minimum absolute atomic E-state index is 0.295. The summed E-state index contributed by atoms with van der Waals surface area (Å²) in [6.45, 7) is 1.87. The average Bonchev–Trinajstić information content (AvgIpc) is 2.72. The molecule has 160 valence electrons. The molecule has 0 spiro atoms. The third-order valence-electron chi connectivity index (χ3n) is 4.32. The third kappa shape index (κ3) is 5.48. The second kappa shape index (κ2) is 9.72. The lowest BCUT2D eigenvalue weighted by atomic mass is 10.1. The smallest absolute Gasteiger partial charge is 0.261 e. The number of halogens is 3. The van der Waals surface area contributed by atoms with Gasteiger partial charge in [-0.05, 0) is 73.2 Å². The zero-order chi connectivity index (χ0) is 22.5. The fourth-order valence-electron chi connectivity index (χ4n) is 2.75. The van der Waals surface area contributed by atoms with Crippen LogP contribution in [-0.4, -0.2) is 18.1 Å². The van der Waals surface area contributed by atoms with Crippen molar-refractivity contribution in [3.8, 4) is 5.75 Å². The molecule has 0 aromatic heterocycles. The van der Waals surface area contributed by atoms with Crippen molar-refractivity contribution in [3.05, 3.63) is 82.4 Å². The summed E-state index contributed by atoms with van der Waals surface area (Å²) in [5.74, 6) is -2.15. The van der Waals surface area contributed by atoms with Gasteiger partial charge >= 0.3 is 0 Å². The number of thiocarbonyl (C=S) groups is 1. The molecule has 0 aliphatic heterocycles. The van der Waals surface area contributed by atoms with Gasteiger partial charge in [0.1, 0.15) is 22.9 Å². The molecular weight excluding hydrogens is 444 g/mol. The predicted octanol–water partition coefficient (Wildman–Crippen LogP) is 6.00. The molecule has 0 aliphatic carbocycles. The fraction of sp³-hybridized carbons (Fsp3) is 0.0909. The Labute approximate surface area is 188 Å². The molecule has 3 rings (SSSR count). The lowest BCUT2D eigenvalue weighted by molar-refractivity contribution is 0.101. The SMILES string of the molecule is COc1cc(C)c(Cl)cc1NC(=S)Nc1ccc(NC(=O)c2c(F)cccc2F)cc1. The van der Waals surface area contributed by atoms with Gasteiger partial charge in [-0.2, -0.15) is 0 Å². The Morgan fingerprint density at radius 3 is 2.13 bits per heavy atom. The zero-order valence-electron chi connectivity index (χ0n) is 16.6. The molecule has 3 aromatic rings. The zero-order valence-corrected chi connectivity index (χ0v) is 18.1. The van der Waals surface area contributed by atoms with Gasteiger partial charge in [-0.25, -0.2) is 8.78 Å². The van der Waals surface area contributed by atoms with Gasteiger partial charge in [0.2, 0.25) is 0 Å². The van der Waals surface area contributed by atoms with Crippen molar-refractivity contribution in [3.63, 3.8) is 0 Å². The first kappa shape index (κ1) is 22.5. The summed E-state index contributed by atoms with van der Waals surface area (Å²) in [6, 6.07) is 13.2. The van der Waals surface area contributed by atoms with Crippen LogP contribution in [-0.2, 0) is 0 Å². The van der Waals surface area contributed by atoms with Crippen LogP contribution < -0.4 is 20.7 Å². The van der Waals surface area contributed by atoms with Crippen molar-refractivity contribution in [2.75, 3.05) is 23.1 Å². The Hall–Kier alpha value is -3.23. The molecule has 3 N–H and O–H groups in total. The monoisotopic (exact) mass is 461 g/mol. The number of benzene rings is 3. The van der Waals surface area contributed by atoms with Crippen molar-refractivity contribution in [2.45, 2.75) is 6.92 Å². The van der Waals surface area contributed by atoms with Crippen LogP contribution in [0.5, 0.6) is 5.75 Å². The van der Waals surface area contributed by atoms with E-state index in [9.17, 15) is 13.6 Å². The molecule has 9 heteroatoms. The standard InChI is InChI=1S/C22H18ClF2N3O2S/c1-12-10-19(30-2)18(11-15(12)23)28-22(31)27-14-8-6-13(7-9-14)26-21(29)20-16(24)4-3-5-17(20)25/h3-11H,1-2H3,(H,26,29)(H2,27,28,31). The Morgan fingerprint density at radius 1 is 0.968 bits per heavy atom. The molecule has 1 amide bonds. The maximum absolute atomic E-state index is 13.7. The van der Waals surface area contributed by atoms with Crippen LogP contribution in [0.15, 0.2) is 54.6 Å². The van der Waals surface area contributed by atoms with Crippen LogP contribution in [0, 0.1) is 18.6 Å². The van der Waals surface area contributed by atoms with E-state index in [1.807, 2.05) is 6.92 Å². The number of nitrogens with one attached hydrogen (secondary N) is 3. The summed E-state index contributed by atoms with van der Waals surface area (Å²) in [5.41, 5.74) is 1.83. The van der Waals surface area contributed by atoms with Crippen molar-refractivity contribution < 1.29 is 18.3 Å². The molecule has 0 heterocycles. The van der Waals surface area contributed by atoms with Gasteiger partial charge in [0.15, 0.2) is 5.11 Å². The molecule has 0 atom stereocenters. The number of methoxy groups -OCH3 is 1. The van der Waals surface area contributed by atoms with Gasteiger partial charge in [-0.1, -0.05) is 17.7 Å². The summed E-state index contributed by atoms with van der Waals surface area (Å²) >= 11 is 11.5. The van der Waals surface area contributed by atoms with Gasteiger partial charge in [0.05, 0.1) is 12.8 Å². The summed E-state index contributed by atoms with van der Waals surface area (Å²) in [6.07, 6.45) is 0. The molecule has 0 saturated heterocycles. The summed E-state index contributed by atoms with van der Waals surface area (Å²) in [5, 5.41) is 9.33. The lowest BCUT2D eigenvalue weighted by Crippen LogP contribution is -2.19. The number of carbonyl (C=O) groups excluding carboxylic acids is 1. The van der Waals surface area contributed by atoms with E-state index in [0.29, 0.717) is 32.9 Å². The molecular formula is C22H18ClF2N3O2S. The highest BCUT2D eigenvalue weighted by molar-refractivity contribution is 7.80. The van der Waals surface area contributed by atoms with E-state index in [1.54, 1.807) is 43.5 Å². The predicted molar refractivity (Wildman–Crippen MR) is 123 cm³/mol. The molecule has 31 heavy (non-hydrogen) atoms. The van der Waals surface area contributed by atoms with Crippen molar-refractivity contribution >= 4 is 51.9 Å². The minimum atomic E-state index is -0.932. The van der Waals surface area contributed by atoms with Gasteiger partial charge in [0.25, 0.3) is 5.91 Å². The second-order valence-electron chi connectivity index (χ2n) is 6.51. The minimum Gasteiger partial charge on any atom is -0.495 e. The maximum atomic E-state index is 13.7. The molecule has 3 aromatic carbocycles. The first-order valence-electron chi connectivity index (χ1n) is 9.06. The molecule has 0 bridgehead atoms. The van der Waals surface area contributed by atoms with Crippen LogP contribution in [0.2, 0.25) is 5.02 Å². The van der Waals surface area contributed by atoms with E-state index in [0.717, 1.165) is 17.7 Å². The van der Waals surface area contributed by atoms with Gasteiger partial charge < -0.3 is 20.7 Å². The van der Waals surface area contributed by atoms with Crippen LogP contribution in [0.25, 0.3) is 0 Å². The number of anilines is 3. The van der Waals surface area contributed by atoms with Crippen molar-refractivity contribution in [2.24, 2.45) is 0 Å². The molecule has 0 aliphatic rings. The van der Waals surface area contributed by atoms with Crippen molar-refractivity contribution in [1.29, 1.82) is 0 Å². The summed E-state index contributed by atoms with van der Waals surface area (Å²) in [7, 11) is 1.55. The lowest BCUT2D eigenvalue weighted by Gasteiger charge is -2.15. The van der Waals surface area contributed by atoms with Crippen molar-refractivity contribution in [1.82, 2.24) is 0 Å². The van der Waals surface area contributed by atoms with Gasteiger partial charge in [0, 0.05) is 16.4 Å². The van der Waals surface area contributed by atoms with E-state index >= 15 is 0 Å². The first-order chi connectivity index (χ1) is 14.8. The van der Waals surface area contributed by atoms with E-state index in [4.69, 9.17) is 28.6 Å². The van der Waals surface area contributed by atoms with E-state index in [-0.39, 0.29) is 0 Å². The van der Waals surface area contributed by atoms with Crippen LogP contribution in [0.4, 0.5) is 25.8 Å². The largest absolute Gasteiger partial charge is 0.495 e. The number of carbonyl (C=O) groups is 1. The average molecular weight is 462 g/mol. The third-order valence-corrected chi connectivity index (χ3v) is 4.93. The Bertz CT molecular complexity index is 1120. The quantitative estimate of drug-likeness (QED) is 0.407. The van der Waals surface area contributed by atoms with Crippen LogP contribution in [0.1, 0.15) is 15.9 Å². The Balaban J connectivity index is 1.65. The highest BCUT2D eigenvalue weighted by atomic mass is 35.5. The van der Waals surface area contributed by atoms with Crippen LogP contribution in [0.3, 0.4) is 0 Å². The summed E-state index contributed by atoms with van der Waals surface area (Å²) in [4.78, 5) is 12.2. The Morgan fingerprint density at radius 2 is 1.55 bits per heavy atom. The van der Waals surface area contributed by atoms with E-state index in [1.165, 1.54) is 6.07 Å². The van der Waals surface area contributed by atoms with E-state index < -0.39 is 23.1 Å². The molecule has 0 saturated carbocycles. The number of ether oxygens (including phenoxy) is 1. The molecule has 0 fully saturated rings. The number of amides is 1. The topological polar surface area (TPSA) is 62.4 Å². The number of aryl methyl sites for hydroxylation is 1. The fourth-order valence-corrected chi connectivity index (χ4v) is 3.14. The second-order valence-corrected chi connectivity index (χ2v) is 7.32. The first-order valence-corrected chi connectivity index (χ1v) is 9.84. The van der Waals surface area contributed by atoms with E-state index in [2.05, 4.69) is 16.0 Å². The molecule has 5 nitrogen and oxygen atoms in total. The maximum Gasteiger partial charge on any atom is 0.261 e. The number of rotatable bonds is 5. The molecule has 0 radical (unpaired) electrons.